The number of hydroxylamine groups is 1. The third-order valence-corrected chi connectivity index (χ3v) is 6.77. The van der Waals surface area contributed by atoms with Crippen LogP contribution in [0.15, 0.2) is 36.4 Å². The van der Waals surface area contributed by atoms with Crippen LogP contribution in [-0.4, -0.2) is 46.1 Å². The first-order valence-corrected chi connectivity index (χ1v) is 12.5. The maximum absolute atomic E-state index is 12.8. The molecule has 4 rings (SSSR count). The molecule has 204 valence electrons. The highest BCUT2D eigenvalue weighted by Gasteiger charge is 2.43. The van der Waals surface area contributed by atoms with Gasteiger partial charge < -0.3 is 29.8 Å². The van der Waals surface area contributed by atoms with Gasteiger partial charge in [0.1, 0.15) is 12.5 Å². The molecule has 0 saturated heterocycles. The first kappa shape index (κ1) is 27.4. The summed E-state index contributed by atoms with van der Waals surface area (Å²) in [6.07, 6.45) is 1.09. The van der Waals surface area contributed by atoms with Crippen LogP contribution >= 0.6 is 0 Å². The summed E-state index contributed by atoms with van der Waals surface area (Å²) >= 11 is 0. The number of amides is 2. The van der Waals surface area contributed by atoms with Crippen molar-refractivity contribution in [3.63, 3.8) is 0 Å². The van der Waals surface area contributed by atoms with E-state index in [1.54, 1.807) is 36.4 Å². The van der Waals surface area contributed by atoms with Crippen LogP contribution in [0.2, 0.25) is 0 Å². The zero-order chi connectivity index (χ0) is 27.4. The Bertz CT molecular complexity index is 1200. The molecule has 0 bridgehead atoms. The molecule has 3 atom stereocenters. The number of nitrogens with zero attached hydrogens (tertiary/aromatic N) is 1. The second kappa shape index (κ2) is 11.8. The standard InChI is InChI=1S/C27H33N3O8/c1-15(31)28-20-10-6-9-19-25(20)27(35)30(26(19)34)21(14-24(33)29-38-16(2)32)17-11-12-22(36-3)23(13-17)37-18-7-4-5-8-18/h6,9-13,18,21,26-27,34-35H,4-5,7-8,14H2,1-3H3,(H,28,31)(H,29,33). The number of ether oxygens (including phenoxy) is 2. The van der Waals surface area contributed by atoms with E-state index in [1.165, 1.54) is 18.9 Å². The molecule has 1 saturated carbocycles. The van der Waals surface area contributed by atoms with Gasteiger partial charge in [0.05, 0.1) is 13.2 Å². The van der Waals surface area contributed by atoms with E-state index in [-0.39, 0.29) is 18.4 Å². The van der Waals surface area contributed by atoms with Gasteiger partial charge in [-0.15, -0.1) is 0 Å². The van der Waals surface area contributed by atoms with E-state index in [0.717, 1.165) is 32.6 Å². The maximum Gasteiger partial charge on any atom is 0.329 e. The van der Waals surface area contributed by atoms with Gasteiger partial charge in [0.15, 0.2) is 11.5 Å². The number of methoxy groups -OCH3 is 1. The minimum atomic E-state index is -1.36. The molecule has 2 aliphatic rings. The van der Waals surface area contributed by atoms with E-state index in [0.29, 0.717) is 33.9 Å². The Hall–Kier alpha value is -3.67. The van der Waals surface area contributed by atoms with Crippen LogP contribution in [0.1, 0.15) is 81.1 Å². The van der Waals surface area contributed by atoms with Gasteiger partial charge >= 0.3 is 5.97 Å². The largest absolute Gasteiger partial charge is 0.493 e. The lowest BCUT2D eigenvalue weighted by atomic mass is 10.0. The number of rotatable bonds is 8. The summed E-state index contributed by atoms with van der Waals surface area (Å²) in [5.41, 5.74) is 3.74. The van der Waals surface area contributed by atoms with E-state index in [1.807, 2.05) is 0 Å². The minimum Gasteiger partial charge on any atom is -0.493 e. The normalized spacial score (nSPS) is 19.9. The molecule has 38 heavy (non-hydrogen) atoms. The molecular formula is C27H33N3O8. The van der Waals surface area contributed by atoms with E-state index >= 15 is 0 Å². The number of carbonyl (C=O) groups is 3. The van der Waals surface area contributed by atoms with E-state index in [2.05, 4.69) is 15.6 Å². The van der Waals surface area contributed by atoms with Crippen LogP contribution in [0.25, 0.3) is 0 Å². The second-order valence-corrected chi connectivity index (χ2v) is 9.46. The molecule has 3 unspecified atom stereocenters. The van der Waals surface area contributed by atoms with Crippen molar-refractivity contribution >= 4 is 23.5 Å². The summed E-state index contributed by atoms with van der Waals surface area (Å²) in [5.74, 6) is -0.666. The van der Waals surface area contributed by atoms with Gasteiger partial charge in [-0.1, -0.05) is 18.2 Å². The Labute approximate surface area is 220 Å². The smallest absolute Gasteiger partial charge is 0.329 e. The van der Waals surface area contributed by atoms with Gasteiger partial charge in [0, 0.05) is 43.1 Å². The highest BCUT2D eigenvalue weighted by molar-refractivity contribution is 5.90. The van der Waals surface area contributed by atoms with Crippen LogP contribution in [0, 0.1) is 0 Å². The first-order valence-electron chi connectivity index (χ1n) is 12.5. The third-order valence-electron chi connectivity index (χ3n) is 6.77. The molecule has 11 nitrogen and oxygen atoms in total. The van der Waals surface area contributed by atoms with Gasteiger partial charge in [0.25, 0.3) is 5.91 Å². The lowest BCUT2D eigenvalue weighted by molar-refractivity contribution is -0.158. The van der Waals surface area contributed by atoms with Gasteiger partial charge in [-0.25, -0.2) is 4.90 Å². The Morgan fingerprint density at radius 1 is 1.05 bits per heavy atom. The minimum absolute atomic E-state index is 0.0392. The number of hydrogen-bond acceptors (Lipinski definition) is 9. The number of anilines is 1. The van der Waals surface area contributed by atoms with Gasteiger partial charge in [-0.2, -0.15) is 5.48 Å². The Morgan fingerprint density at radius 2 is 1.79 bits per heavy atom. The number of aliphatic hydroxyl groups excluding tert-OH is 2. The number of carbonyl (C=O) groups excluding carboxylic acids is 3. The fraction of sp³-hybridized carbons (Fsp3) is 0.444. The number of benzene rings is 2. The molecule has 11 heteroatoms. The summed E-state index contributed by atoms with van der Waals surface area (Å²) < 4.78 is 11.7. The molecule has 2 aromatic carbocycles. The van der Waals surface area contributed by atoms with E-state index < -0.39 is 30.4 Å². The van der Waals surface area contributed by atoms with Crippen LogP contribution in [0.5, 0.6) is 11.5 Å². The summed E-state index contributed by atoms with van der Waals surface area (Å²) in [5, 5.41) is 25.4. The summed E-state index contributed by atoms with van der Waals surface area (Å²) in [6.45, 7) is 2.50. The average Bonchev–Trinajstić information content (AvgIpc) is 3.47. The quantitative estimate of drug-likeness (QED) is 0.381. The van der Waals surface area contributed by atoms with Crippen molar-refractivity contribution in [2.24, 2.45) is 0 Å². The molecule has 2 amide bonds. The van der Waals surface area contributed by atoms with Crippen LogP contribution in [-0.2, 0) is 19.2 Å². The van der Waals surface area contributed by atoms with Crippen molar-refractivity contribution in [2.75, 3.05) is 12.4 Å². The van der Waals surface area contributed by atoms with Crippen LogP contribution in [0.3, 0.4) is 0 Å². The number of nitrogens with one attached hydrogen (secondary N) is 2. The van der Waals surface area contributed by atoms with Crippen molar-refractivity contribution < 1.29 is 38.9 Å². The molecule has 4 N–H and O–H groups in total. The summed E-state index contributed by atoms with van der Waals surface area (Å²) in [6, 6.07) is 9.22. The van der Waals surface area contributed by atoms with Crippen molar-refractivity contribution in [3.05, 3.63) is 53.1 Å². The number of hydrogen-bond donors (Lipinski definition) is 4. The van der Waals surface area contributed by atoms with Gasteiger partial charge in [-0.3, -0.25) is 14.4 Å². The molecule has 1 heterocycles. The van der Waals surface area contributed by atoms with Gasteiger partial charge in [-0.05, 0) is 49.4 Å². The number of fused-ring (bicyclic) bond motifs is 1. The van der Waals surface area contributed by atoms with E-state index in [4.69, 9.17) is 9.47 Å². The average molecular weight is 528 g/mol. The zero-order valence-corrected chi connectivity index (χ0v) is 21.6. The Balaban J connectivity index is 1.72. The Kier molecular flexibility index (Phi) is 8.50. The highest BCUT2D eigenvalue weighted by atomic mass is 16.7. The monoisotopic (exact) mass is 527 g/mol. The van der Waals surface area contributed by atoms with E-state index in [9.17, 15) is 24.6 Å². The molecule has 0 spiro atoms. The molecule has 1 fully saturated rings. The van der Waals surface area contributed by atoms with Crippen LogP contribution < -0.4 is 20.3 Å². The van der Waals surface area contributed by atoms with Crippen molar-refractivity contribution in [1.82, 2.24) is 10.4 Å². The summed E-state index contributed by atoms with van der Waals surface area (Å²) in [7, 11) is 1.54. The van der Waals surface area contributed by atoms with Crippen molar-refractivity contribution in [3.8, 4) is 11.5 Å². The third kappa shape index (κ3) is 5.90. The van der Waals surface area contributed by atoms with Gasteiger partial charge in [0.2, 0.25) is 5.91 Å². The summed E-state index contributed by atoms with van der Waals surface area (Å²) in [4.78, 5) is 41.8. The maximum atomic E-state index is 12.8. The predicted octanol–water partition coefficient (Wildman–Crippen LogP) is 3.00. The van der Waals surface area contributed by atoms with Crippen molar-refractivity contribution in [2.45, 2.75) is 70.6 Å². The topological polar surface area (TPSA) is 147 Å². The molecule has 1 aliphatic heterocycles. The molecule has 2 aromatic rings. The fourth-order valence-electron chi connectivity index (χ4n) is 5.10. The SMILES string of the molecule is COc1ccc(C(CC(=O)NOC(C)=O)N2C(O)c3cccc(NC(C)=O)c3C2O)cc1OC1CCCC1. The van der Waals surface area contributed by atoms with Crippen LogP contribution in [0.4, 0.5) is 5.69 Å². The van der Waals surface area contributed by atoms with Crippen molar-refractivity contribution in [1.29, 1.82) is 0 Å². The Morgan fingerprint density at radius 3 is 2.45 bits per heavy atom. The first-order chi connectivity index (χ1) is 18.2. The predicted molar refractivity (Wildman–Crippen MR) is 136 cm³/mol. The molecule has 1 aliphatic carbocycles. The molecule has 0 aromatic heterocycles. The zero-order valence-electron chi connectivity index (χ0n) is 21.6. The second-order valence-electron chi connectivity index (χ2n) is 9.46. The molecular weight excluding hydrogens is 494 g/mol. The highest BCUT2D eigenvalue weighted by Crippen LogP contribution is 2.49. The lowest BCUT2D eigenvalue weighted by Gasteiger charge is -2.33. The number of aliphatic hydroxyl groups is 2. The lowest BCUT2D eigenvalue weighted by Crippen LogP contribution is -2.36. The fourth-order valence-corrected chi connectivity index (χ4v) is 5.10. The molecule has 0 radical (unpaired) electrons.